The van der Waals surface area contributed by atoms with Gasteiger partial charge in [-0.3, -0.25) is 4.79 Å². The molecule has 2 aromatic heterocycles. The van der Waals surface area contributed by atoms with Gasteiger partial charge < -0.3 is 14.4 Å². The maximum Gasteiger partial charge on any atom is 0.268 e. The van der Waals surface area contributed by atoms with E-state index in [0.717, 1.165) is 0 Å². The maximum absolute atomic E-state index is 11.8. The molecule has 0 spiro atoms. The lowest BCUT2D eigenvalue weighted by molar-refractivity contribution is 0.0938. The first-order chi connectivity index (χ1) is 8.58. The molecule has 6 nitrogen and oxygen atoms in total. The highest BCUT2D eigenvalue weighted by atomic mass is 16.5. The minimum atomic E-state index is -0.160. The molecule has 1 N–H and O–H groups in total. The summed E-state index contributed by atoms with van der Waals surface area (Å²) in [5, 5.41) is 6.57. The van der Waals surface area contributed by atoms with Crippen LogP contribution in [0.1, 0.15) is 42.0 Å². The van der Waals surface area contributed by atoms with Crippen molar-refractivity contribution in [3.05, 3.63) is 35.7 Å². The fraction of sp³-hybridized carbons (Fsp3) is 0.417. The smallest absolute Gasteiger partial charge is 0.268 e. The number of aryl methyl sites for hydroxylation is 1. The summed E-state index contributed by atoms with van der Waals surface area (Å²) < 4.78 is 6.79. The van der Waals surface area contributed by atoms with Crippen molar-refractivity contribution in [2.75, 3.05) is 0 Å². The van der Waals surface area contributed by atoms with Crippen LogP contribution in [0.2, 0.25) is 0 Å². The Morgan fingerprint density at radius 1 is 1.56 bits per heavy atom. The van der Waals surface area contributed by atoms with Gasteiger partial charge in [0.1, 0.15) is 5.69 Å². The summed E-state index contributed by atoms with van der Waals surface area (Å²) in [5.74, 6) is 1.12. The van der Waals surface area contributed by atoms with Crippen LogP contribution in [-0.2, 0) is 13.6 Å². The number of hydrogen-bond acceptors (Lipinski definition) is 4. The normalized spacial score (nSPS) is 10.9. The summed E-state index contributed by atoms with van der Waals surface area (Å²) in [6, 6.07) is 3.57. The molecular weight excluding hydrogens is 232 g/mol. The monoisotopic (exact) mass is 248 g/mol. The van der Waals surface area contributed by atoms with Crippen molar-refractivity contribution in [2.45, 2.75) is 26.3 Å². The standard InChI is InChI=1S/C12H16N4O2/c1-8(2)11-14-10(18-15-11)7-13-12(17)9-5-4-6-16(9)3/h4-6,8H,7H2,1-3H3,(H,13,17). The Kier molecular flexibility index (Phi) is 3.45. The van der Waals surface area contributed by atoms with Gasteiger partial charge in [0, 0.05) is 19.2 Å². The Hall–Kier alpha value is -2.11. The van der Waals surface area contributed by atoms with Gasteiger partial charge >= 0.3 is 0 Å². The first-order valence-corrected chi connectivity index (χ1v) is 5.80. The fourth-order valence-electron chi connectivity index (χ4n) is 1.52. The molecule has 0 radical (unpaired) electrons. The zero-order chi connectivity index (χ0) is 13.1. The molecule has 0 aliphatic carbocycles. The third-order valence-electron chi connectivity index (χ3n) is 2.58. The van der Waals surface area contributed by atoms with Gasteiger partial charge in [-0.25, -0.2) is 0 Å². The highest BCUT2D eigenvalue weighted by Gasteiger charge is 2.12. The van der Waals surface area contributed by atoms with Crippen LogP contribution in [0.4, 0.5) is 0 Å². The topological polar surface area (TPSA) is 73.0 Å². The minimum Gasteiger partial charge on any atom is -0.347 e. The van der Waals surface area contributed by atoms with Crippen LogP contribution in [0, 0.1) is 0 Å². The van der Waals surface area contributed by atoms with Crippen LogP contribution < -0.4 is 5.32 Å². The Morgan fingerprint density at radius 3 is 2.89 bits per heavy atom. The molecule has 6 heteroatoms. The van der Waals surface area contributed by atoms with Crippen molar-refractivity contribution in [3.8, 4) is 0 Å². The Balaban J connectivity index is 1.95. The summed E-state index contributed by atoms with van der Waals surface area (Å²) in [5.41, 5.74) is 0.596. The molecule has 2 aromatic rings. The van der Waals surface area contributed by atoms with Gasteiger partial charge in [-0.15, -0.1) is 0 Å². The van der Waals surface area contributed by atoms with E-state index in [9.17, 15) is 4.79 Å². The van der Waals surface area contributed by atoms with Crippen molar-refractivity contribution in [1.29, 1.82) is 0 Å². The van der Waals surface area contributed by atoms with E-state index in [1.165, 1.54) is 0 Å². The van der Waals surface area contributed by atoms with Crippen molar-refractivity contribution >= 4 is 5.91 Å². The lowest BCUT2D eigenvalue weighted by Gasteiger charge is -2.03. The van der Waals surface area contributed by atoms with Crippen LogP contribution >= 0.6 is 0 Å². The molecular formula is C12H16N4O2. The second kappa shape index (κ2) is 5.03. The lowest BCUT2D eigenvalue weighted by Crippen LogP contribution is -2.24. The molecule has 18 heavy (non-hydrogen) atoms. The third-order valence-corrected chi connectivity index (χ3v) is 2.58. The van der Waals surface area contributed by atoms with Gasteiger partial charge in [-0.2, -0.15) is 4.98 Å². The molecule has 0 aromatic carbocycles. The minimum absolute atomic E-state index is 0.160. The summed E-state index contributed by atoms with van der Waals surface area (Å²) in [7, 11) is 1.82. The van der Waals surface area contributed by atoms with Crippen LogP contribution in [0.25, 0.3) is 0 Å². The second-order valence-corrected chi connectivity index (χ2v) is 4.39. The van der Waals surface area contributed by atoms with E-state index in [-0.39, 0.29) is 18.4 Å². The van der Waals surface area contributed by atoms with E-state index in [2.05, 4.69) is 15.5 Å². The maximum atomic E-state index is 11.8. The highest BCUT2D eigenvalue weighted by Crippen LogP contribution is 2.09. The average Bonchev–Trinajstić information content (AvgIpc) is 2.94. The van der Waals surface area contributed by atoms with Crippen molar-refractivity contribution in [1.82, 2.24) is 20.0 Å². The van der Waals surface area contributed by atoms with E-state index in [4.69, 9.17) is 4.52 Å². The van der Waals surface area contributed by atoms with Gasteiger partial charge in [0.25, 0.3) is 5.91 Å². The molecule has 2 heterocycles. The summed E-state index contributed by atoms with van der Waals surface area (Å²) in [4.78, 5) is 16.0. The van der Waals surface area contributed by atoms with E-state index >= 15 is 0 Å². The molecule has 0 aliphatic heterocycles. The molecule has 0 aliphatic rings. The molecule has 1 amide bonds. The highest BCUT2D eigenvalue weighted by molar-refractivity contribution is 5.92. The van der Waals surface area contributed by atoms with Crippen LogP contribution in [-0.4, -0.2) is 20.6 Å². The van der Waals surface area contributed by atoms with Crippen molar-refractivity contribution in [3.63, 3.8) is 0 Å². The van der Waals surface area contributed by atoms with Gasteiger partial charge in [0.05, 0.1) is 6.54 Å². The number of carbonyl (C=O) groups is 1. The molecule has 0 saturated heterocycles. The number of rotatable bonds is 4. The number of aromatic nitrogens is 3. The first-order valence-electron chi connectivity index (χ1n) is 5.80. The molecule has 2 rings (SSSR count). The second-order valence-electron chi connectivity index (χ2n) is 4.39. The van der Waals surface area contributed by atoms with Gasteiger partial charge in [-0.1, -0.05) is 19.0 Å². The zero-order valence-corrected chi connectivity index (χ0v) is 10.7. The number of carbonyl (C=O) groups excluding carboxylic acids is 1. The molecule has 0 fully saturated rings. The van der Waals surface area contributed by atoms with Crippen molar-refractivity contribution < 1.29 is 9.32 Å². The largest absolute Gasteiger partial charge is 0.347 e. The van der Waals surface area contributed by atoms with Crippen molar-refractivity contribution in [2.24, 2.45) is 7.05 Å². The van der Waals surface area contributed by atoms with E-state index in [0.29, 0.717) is 17.4 Å². The van der Waals surface area contributed by atoms with Gasteiger partial charge in [0.15, 0.2) is 5.82 Å². The van der Waals surface area contributed by atoms with Crippen LogP contribution in [0.5, 0.6) is 0 Å². The van der Waals surface area contributed by atoms with Gasteiger partial charge in [-0.05, 0) is 12.1 Å². The van der Waals surface area contributed by atoms with E-state index in [1.807, 2.05) is 33.2 Å². The van der Waals surface area contributed by atoms with Crippen LogP contribution in [0.3, 0.4) is 0 Å². The third kappa shape index (κ3) is 2.58. The van der Waals surface area contributed by atoms with Gasteiger partial charge in [0.2, 0.25) is 5.89 Å². The number of nitrogens with one attached hydrogen (secondary N) is 1. The van der Waals surface area contributed by atoms with E-state index in [1.54, 1.807) is 10.6 Å². The number of hydrogen-bond donors (Lipinski definition) is 1. The zero-order valence-electron chi connectivity index (χ0n) is 10.7. The Bertz CT molecular complexity index is 542. The predicted octanol–water partition coefficient (Wildman–Crippen LogP) is 1.46. The first kappa shape index (κ1) is 12.3. The summed E-state index contributed by atoms with van der Waals surface area (Å²) >= 11 is 0. The SMILES string of the molecule is CC(C)c1noc(CNC(=O)c2cccn2C)n1. The Labute approximate surface area is 105 Å². The molecule has 0 saturated carbocycles. The summed E-state index contributed by atoms with van der Waals surface area (Å²) in [6.07, 6.45) is 1.82. The lowest BCUT2D eigenvalue weighted by atomic mass is 10.2. The molecule has 0 bridgehead atoms. The number of nitrogens with zero attached hydrogens (tertiary/aromatic N) is 3. The quantitative estimate of drug-likeness (QED) is 0.889. The Morgan fingerprint density at radius 2 is 2.33 bits per heavy atom. The van der Waals surface area contributed by atoms with Crippen LogP contribution in [0.15, 0.2) is 22.9 Å². The molecule has 0 atom stereocenters. The molecule has 0 unspecified atom stereocenters. The number of amides is 1. The molecule has 96 valence electrons. The fourth-order valence-corrected chi connectivity index (χ4v) is 1.52. The van der Waals surface area contributed by atoms with E-state index < -0.39 is 0 Å². The predicted molar refractivity (Wildman–Crippen MR) is 65.0 cm³/mol. The summed E-state index contributed by atoms with van der Waals surface area (Å²) in [6.45, 7) is 4.21. The average molecular weight is 248 g/mol.